The van der Waals surface area contributed by atoms with Gasteiger partial charge in [-0.1, -0.05) is 0 Å². The Hall–Kier alpha value is -0.240. The molecule has 1 aliphatic rings. The van der Waals surface area contributed by atoms with Crippen molar-refractivity contribution in [3.05, 3.63) is 0 Å². The van der Waals surface area contributed by atoms with E-state index in [0.29, 0.717) is 26.4 Å². The van der Waals surface area contributed by atoms with E-state index in [9.17, 15) is 0 Å². The van der Waals surface area contributed by atoms with E-state index in [1.165, 1.54) is 0 Å². The number of ether oxygens (including phenoxy) is 3. The quantitative estimate of drug-likeness (QED) is 0.385. The van der Waals surface area contributed by atoms with Crippen LogP contribution in [0.1, 0.15) is 0 Å². The minimum absolute atomic E-state index is 0.0721. The van der Waals surface area contributed by atoms with Crippen LogP contribution in [-0.4, -0.2) is 93.7 Å². The maximum Gasteiger partial charge on any atom is 0.103 e. The van der Waals surface area contributed by atoms with Gasteiger partial charge in [0.25, 0.3) is 0 Å². The van der Waals surface area contributed by atoms with Crippen LogP contribution in [-0.2, 0) is 14.2 Å². The van der Waals surface area contributed by atoms with Gasteiger partial charge in [0.2, 0.25) is 0 Å². The molecule has 0 atom stereocenters. The van der Waals surface area contributed by atoms with E-state index in [4.69, 9.17) is 24.4 Å². The standard InChI is InChI=1S/C12H26NO5/c14-5-11-17-9-3-13(1-7-16-8-2-13)4-10-18-12-6-15/h14-15H,1-12H2/q+1. The number of morpholine rings is 1. The van der Waals surface area contributed by atoms with Gasteiger partial charge in [-0.15, -0.1) is 0 Å². The van der Waals surface area contributed by atoms with Crippen molar-refractivity contribution in [3.63, 3.8) is 0 Å². The Bertz CT molecular complexity index is 183. The number of hydrogen-bond donors (Lipinski definition) is 2. The molecule has 0 amide bonds. The zero-order valence-corrected chi connectivity index (χ0v) is 11.1. The molecule has 0 spiro atoms. The van der Waals surface area contributed by atoms with Crippen molar-refractivity contribution in [1.82, 2.24) is 0 Å². The van der Waals surface area contributed by atoms with E-state index >= 15 is 0 Å². The molecule has 0 unspecified atom stereocenters. The van der Waals surface area contributed by atoms with Crippen molar-refractivity contribution in [1.29, 1.82) is 0 Å². The highest BCUT2D eigenvalue weighted by molar-refractivity contribution is 4.51. The summed E-state index contributed by atoms with van der Waals surface area (Å²) in [5.74, 6) is 0. The molecule has 18 heavy (non-hydrogen) atoms. The Morgan fingerprint density at radius 2 is 1.33 bits per heavy atom. The Morgan fingerprint density at radius 3 is 1.78 bits per heavy atom. The molecule has 2 N–H and O–H groups in total. The van der Waals surface area contributed by atoms with Gasteiger partial charge in [-0.25, -0.2) is 0 Å². The lowest BCUT2D eigenvalue weighted by Crippen LogP contribution is -2.58. The summed E-state index contributed by atoms with van der Waals surface area (Å²) in [4.78, 5) is 0. The molecule has 1 saturated heterocycles. The molecular formula is C12H26NO5+. The van der Waals surface area contributed by atoms with E-state index < -0.39 is 0 Å². The summed E-state index contributed by atoms with van der Waals surface area (Å²) in [6.45, 7) is 7.61. The molecule has 0 bridgehead atoms. The van der Waals surface area contributed by atoms with Crippen LogP contribution in [0.5, 0.6) is 0 Å². The van der Waals surface area contributed by atoms with Gasteiger partial charge in [0.05, 0.1) is 52.9 Å². The zero-order valence-electron chi connectivity index (χ0n) is 11.1. The lowest BCUT2D eigenvalue weighted by molar-refractivity contribution is -0.935. The first-order valence-corrected chi connectivity index (χ1v) is 6.63. The first-order chi connectivity index (χ1) is 8.83. The van der Waals surface area contributed by atoms with Gasteiger partial charge in [0.15, 0.2) is 0 Å². The van der Waals surface area contributed by atoms with Crippen LogP contribution in [0.4, 0.5) is 0 Å². The van der Waals surface area contributed by atoms with Crippen LogP contribution < -0.4 is 0 Å². The van der Waals surface area contributed by atoms with E-state index in [2.05, 4.69) is 0 Å². The third kappa shape index (κ3) is 6.08. The van der Waals surface area contributed by atoms with Crippen molar-refractivity contribution < 1.29 is 28.9 Å². The summed E-state index contributed by atoms with van der Waals surface area (Å²) in [5.41, 5.74) is 0. The summed E-state index contributed by atoms with van der Waals surface area (Å²) in [5, 5.41) is 17.3. The highest BCUT2D eigenvalue weighted by Gasteiger charge is 2.29. The summed E-state index contributed by atoms with van der Waals surface area (Å²) in [7, 11) is 0. The van der Waals surface area contributed by atoms with E-state index in [1.54, 1.807) is 0 Å². The third-order valence-corrected chi connectivity index (χ3v) is 3.31. The highest BCUT2D eigenvalue weighted by Crippen LogP contribution is 2.11. The minimum Gasteiger partial charge on any atom is -0.394 e. The smallest absolute Gasteiger partial charge is 0.103 e. The average Bonchev–Trinajstić information content (AvgIpc) is 2.41. The summed E-state index contributed by atoms with van der Waals surface area (Å²) < 4.78 is 17.0. The normalized spacial score (nSPS) is 19.0. The molecule has 0 aromatic carbocycles. The van der Waals surface area contributed by atoms with E-state index in [0.717, 1.165) is 43.9 Å². The van der Waals surface area contributed by atoms with Crippen LogP contribution >= 0.6 is 0 Å². The second kappa shape index (κ2) is 9.66. The van der Waals surface area contributed by atoms with Gasteiger partial charge < -0.3 is 28.9 Å². The monoisotopic (exact) mass is 264 g/mol. The van der Waals surface area contributed by atoms with Gasteiger partial charge in [-0.05, 0) is 0 Å². The molecule has 108 valence electrons. The Balaban J connectivity index is 2.27. The highest BCUT2D eigenvalue weighted by atomic mass is 16.5. The summed E-state index contributed by atoms with van der Waals surface area (Å²) >= 11 is 0. The fraction of sp³-hybridized carbons (Fsp3) is 1.00. The van der Waals surface area contributed by atoms with Crippen LogP contribution in [0.15, 0.2) is 0 Å². The molecular weight excluding hydrogens is 238 g/mol. The Labute approximate surface area is 109 Å². The van der Waals surface area contributed by atoms with Crippen molar-refractivity contribution >= 4 is 0 Å². The summed E-state index contributed by atoms with van der Waals surface area (Å²) in [6.07, 6.45) is 0. The molecule has 0 saturated carbocycles. The van der Waals surface area contributed by atoms with Crippen LogP contribution in [0.2, 0.25) is 0 Å². The number of aliphatic hydroxyl groups excluding tert-OH is 2. The van der Waals surface area contributed by atoms with E-state index in [1.807, 2.05) is 0 Å². The maximum absolute atomic E-state index is 8.67. The van der Waals surface area contributed by atoms with Crippen molar-refractivity contribution in [2.75, 3.05) is 79.0 Å². The van der Waals surface area contributed by atoms with Crippen LogP contribution in [0.3, 0.4) is 0 Å². The largest absolute Gasteiger partial charge is 0.394 e. The molecule has 0 aliphatic carbocycles. The molecule has 1 heterocycles. The average molecular weight is 264 g/mol. The van der Waals surface area contributed by atoms with Crippen molar-refractivity contribution in [2.24, 2.45) is 0 Å². The molecule has 6 heteroatoms. The predicted molar refractivity (Wildman–Crippen MR) is 66.4 cm³/mol. The molecule has 1 rings (SSSR count). The first-order valence-electron chi connectivity index (χ1n) is 6.63. The first kappa shape index (κ1) is 15.8. The zero-order chi connectivity index (χ0) is 13.1. The fourth-order valence-corrected chi connectivity index (χ4v) is 2.14. The second-order valence-corrected chi connectivity index (χ2v) is 4.52. The summed E-state index contributed by atoms with van der Waals surface area (Å²) in [6, 6.07) is 0. The number of rotatable bonds is 10. The topological polar surface area (TPSA) is 68.2 Å². The fourth-order valence-electron chi connectivity index (χ4n) is 2.14. The minimum atomic E-state index is 0.0721. The lowest BCUT2D eigenvalue weighted by Gasteiger charge is -2.41. The van der Waals surface area contributed by atoms with Gasteiger partial charge in [-0.3, -0.25) is 0 Å². The molecule has 1 aliphatic heterocycles. The van der Waals surface area contributed by atoms with Crippen molar-refractivity contribution in [2.45, 2.75) is 0 Å². The van der Waals surface area contributed by atoms with Gasteiger partial charge in [0.1, 0.15) is 26.2 Å². The Morgan fingerprint density at radius 1 is 0.833 bits per heavy atom. The number of aliphatic hydroxyl groups is 2. The molecule has 0 aromatic heterocycles. The second-order valence-electron chi connectivity index (χ2n) is 4.52. The van der Waals surface area contributed by atoms with Crippen molar-refractivity contribution in [3.8, 4) is 0 Å². The molecule has 0 radical (unpaired) electrons. The molecule has 6 nitrogen and oxygen atoms in total. The van der Waals surface area contributed by atoms with E-state index in [-0.39, 0.29) is 13.2 Å². The number of hydrogen-bond acceptors (Lipinski definition) is 5. The van der Waals surface area contributed by atoms with Crippen LogP contribution in [0, 0.1) is 0 Å². The van der Waals surface area contributed by atoms with Gasteiger partial charge in [-0.2, -0.15) is 0 Å². The predicted octanol–water partition coefficient (Wildman–Crippen LogP) is -1.15. The maximum atomic E-state index is 8.67. The third-order valence-electron chi connectivity index (χ3n) is 3.31. The number of nitrogens with zero attached hydrogens (tertiary/aromatic N) is 1. The number of quaternary nitrogens is 1. The lowest BCUT2D eigenvalue weighted by atomic mass is 10.3. The molecule has 0 aromatic rings. The molecule has 1 fully saturated rings. The SMILES string of the molecule is OCCOCC[N+]1(CCOCCO)CCOCC1. The van der Waals surface area contributed by atoms with Crippen LogP contribution in [0.25, 0.3) is 0 Å². The van der Waals surface area contributed by atoms with Gasteiger partial charge >= 0.3 is 0 Å². The van der Waals surface area contributed by atoms with Gasteiger partial charge in [0, 0.05) is 0 Å². The Kier molecular flexibility index (Phi) is 8.49.